The molecule has 0 aliphatic heterocycles. The van der Waals surface area contributed by atoms with Gasteiger partial charge in [-0.15, -0.1) is 0 Å². The van der Waals surface area contributed by atoms with E-state index >= 15 is 0 Å². The molecular formula is C16H19NaO3S. The van der Waals surface area contributed by atoms with Gasteiger partial charge in [-0.1, -0.05) is 44.9 Å². The number of fused-ring (bicyclic) bond motifs is 1. The molecular weight excluding hydrogens is 295 g/mol. The predicted molar refractivity (Wildman–Crippen MR) is 79.9 cm³/mol. The summed E-state index contributed by atoms with van der Waals surface area (Å²) in [6.45, 7) is 4.07. The van der Waals surface area contributed by atoms with Crippen LogP contribution in [0.2, 0.25) is 0 Å². The van der Waals surface area contributed by atoms with Crippen LogP contribution in [0.5, 0.6) is 0 Å². The van der Waals surface area contributed by atoms with E-state index < -0.39 is 10.1 Å². The number of benzene rings is 2. The molecule has 0 spiro atoms. The van der Waals surface area contributed by atoms with Gasteiger partial charge in [0, 0.05) is 0 Å². The summed E-state index contributed by atoms with van der Waals surface area (Å²) in [5, 5.41) is 1.81. The molecule has 0 fully saturated rings. The van der Waals surface area contributed by atoms with E-state index in [1.165, 1.54) is 6.07 Å². The SMILES string of the molecule is CCCc1ccc2cc(CCC)c(S(=O)(=O)[O-])cc2c1.[Na+]. The number of aryl methyl sites for hydroxylation is 2. The van der Waals surface area contributed by atoms with E-state index in [1.807, 2.05) is 25.1 Å². The number of hydrogen-bond acceptors (Lipinski definition) is 3. The smallest absolute Gasteiger partial charge is 0.744 e. The van der Waals surface area contributed by atoms with Crippen molar-refractivity contribution in [1.29, 1.82) is 0 Å². The van der Waals surface area contributed by atoms with Gasteiger partial charge in [-0.25, -0.2) is 8.42 Å². The summed E-state index contributed by atoms with van der Waals surface area (Å²) in [6, 6.07) is 9.40. The van der Waals surface area contributed by atoms with Gasteiger partial charge in [-0.05, 0) is 46.9 Å². The molecule has 0 aromatic heterocycles. The van der Waals surface area contributed by atoms with Crippen molar-refractivity contribution >= 4 is 20.9 Å². The van der Waals surface area contributed by atoms with E-state index in [-0.39, 0.29) is 34.5 Å². The van der Waals surface area contributed by atoms with Gasteiger partial charge in [0.25, 0.3) is 0 Å². The van der Waals surface area contributed by atoms with Crippen molar-refractivity contribution in [3.05, 3.63) is 41.5 Å². The Morgan fingerprint density at radius 3 is 2.19 bits per heavy atom. The summed E-state index contributed by atoms with van der Waals surface area (Å²) in [5.41, 5.74) is 1.79. The fourth-order valence-corrected chi connectivity index (χ4v) is 3.27. The molecule has 0 N–H and O–H groups in total. The van der Waals surface area contributed by atoms with Crippen LogP contribution in [0, 0.1) is 0 Å². The minimum atomic E-state index is -4.42. The zero-order valence-electron chi connectivity index (χ0n) is 12.8. The van der Waals surface area contributed by atoms with Crippen LogP contribution in [0.15, 0.2) is 35.2 Å². The molecule has 2 aromatic rings. The molecule has 21 heavy (non-hydrogen) atoms. The van der Waals surface area contributed by atoms with E-state index in [4.69, 9.17) is 0 Å². The zero-order valence-corrected chi connectivity index (χ0v) is 15.7. The molecule has 0 saturated heterocycles. The molecule has 0 saturated carbocycles. The van der Waals surface area contributed by atoms with E-state index in [9.17, 15) is 13.0 Å². The second kappa shape index (κ2) is 7.75. The average molecular weight is 314 g/mol. The maximum absolute atomic E-state index is 11.4. The van der Waals surface area contributed by atoms with E-state index in [2.05, 4.69) is 13.0 Å². The van der Waals surface area contributed by atoms with Gasteiger partial charge in [-0.3, -0.25) is 0 Å². The van der Waals surface area contributed by atoms with Gasteiger partial charge >= 0.3 is 29.6 Å². The van der Waals surface area contributed by atoms with Crippen molar-refractivity contribution in [3.63, 3.8) is 0 Å². The molecule has 2 aromatic carbocycles. The summed E-state index contributed by atoms with van der Waals surface area (Å²) in [6.07, 6.45) is 3.39. The Bertz CT molecular complexity index is 724. The summed E-state index contributed by atoms with van der Waals surface area (Å²) in [5.74, 6) is 0. The Morgan fingerprint density at radius 1 is 0.952 bits per heavy atom. The Hall–Kier alpha value is -0.390. The molecule has 0 unspecified atom stereocenters. The summed E-state index contributed by atoms with van der Waals surface area (Å²) >= 11 is 0. The summed E-state index contributed by atoms with van der Waals surface area (Å²) in [7, 11) is -4.42. The molecule has 0 aliphatic rings. The first-order valence-corrected chi connectivity index (χ1v) is 8.38. The fourth-order valence-electron chi connectivity index (χ4n) is 2.52. The summed E-state index contributed by atoms with van der Waals surface area (Å²) in [4.78, 5) is -0.0690. The van der Waals surface area contributed by atoms with Crippen LogP contribution in [-0.2, 0) is 23.0 Å². The van der Waals surface area contributed by atoms with Crippen LogP contribution in [0.3, 0.4) is 0 Å². The molecule has 0 aliphatic carbocycles. The third-order valence-corrected chi connectivity index (χ3v) is 4.33. The van der Waals surface area contributed by atoms with Gasteiger partial charge in [-0.2, -0.15) is 0 Å². The fraction of sp³-hybridized carbons (Fsp3) is 0.375. The molecule has 0 bridgehead atoms. The molecule has 0 radical (unpaired) electrons. The summed E-state index contributed by atoms with van der Waals surface area (Å²) < 4.78 is 34.3. The van der Waals surface area contributed by atoms with Crippen LogP contribution in [0.1, 0.15) is 37.8 Å². The van der Waals surface area contributed by atoms with Gasteiger partial charge in [0.1, 0.15) is 10.1 Å². The van der Waals surface area contributed by atoms with Crippen LogP contribution < -0.4 is 29.6 Å². The monoisotopic (exact) mass is 314 g/mol. The van der Waals surface area contributed by atoms with Gasteiger partial charge in [0.15, 0.2) is 0 Å². The first kappa shape index (κ1) is 18.7. The Kier molecular flexibility index (Phi) is 6.88. The maximum atomic E-state index is 11.4. The molecule has 0 heterocycles. The molecule has 3 nitrogen and oxygen atoms in total. The van der Waals surface area contributed by atoms with Gasteiger partial charge in [0.05, 0.1) is 4.90 Å². The van der Waals surface area contributed by atoms with Gasteiger partial charge in [0.2, 0.25) is 0 Å². The predicted octanol–water partition coefficient (Wildman–Crippen LogP) is 0.653. The van der Waals surface area contributed by atoms with Crippen molar-refractivity contribution in [2.75, 3.05) is 0 Å². The van der Waals surface area contributed by atoms with Crippen molar-refractivity contribution in [2.24, 2.45) is 0 Å². The van der Waals surface area contributed by atoms with Crippen molar-refractivity contribution in [2.45, 2.75) is 44.4 Å². The van der Waals surface area contributed by atoms with Crippen LogP contribution >= 0.6 is 0 Å². The molecule has 2 rings (SSSR count). The van der Waals surface area contributed by atoms with Crippen molar-refractivity contribution in [3.8, 4) is 0 Å². The Labute approximate surface area is 148 Å². The first-order valence-electron chi connectivity index (χ1n) is 6.97. The minimum absolute atomic E-state index is 0. The van der Waals surface area contributed by atoms with E-state index in [0.29, 0.717) is 12.0 Å². The van der Waals surface area contributed by atoms with Crippen LogP contribution in [0.4, 0.5) is 0 Å². The van der Waals surface area contributed by atoms with Crippen molar-refractivity contribution in [1.82, 2.24) is 0 Å². The second-order valence-corrected chi connectivity index (χ2v) is 6.44. The molecule has 5 heteroatoms. The quantitative estimate of drug-likeness (QED) is 0.601. The first-order chi connectivity index (χ1) is 9.45. The topological polar surface area (TPSA) is 57.2 Å². The Balaban J connectivity index is 0.00000220. The Morgan fingerprint density at radius 2 is 1.62 bits per heavy atom. The average Bonchev–Trinajstić information content (AvgIpc) is 2.38. The number of rotatable bonds is 5. The second-order valence-electron chi connectivity index (χ2n) is 5.10. The molecule has 0 amide bonds. The normalized spacial score (nSPS) is 11.4. The van der Waals surface area contributed by atoms with Crippen LogP contribution in [0.25, 0.3) is 10.8 Å². The zero-order chi connectivity index (χ0) is 14.8. The van der Waals surface area contributed by atoms with Gasteiger partial charge < -0.3 is 4.55 Å². The van der Waals surface area contributed by atoms with E-state index in [1.54, 1.807) is 0 Å². The molecule has 0 atom stereocenters. The molecule has 108 valence electrons. The third-order valence-electron chi connectivity index (χ3n) is 3.41. The number of hydrogen-bond donors (Lipinski definition) is 0. The van der Waals surface area contributed by atoms with E-state index in [0.717, 1.165) is 35.6 Å². The van der Waals surface area contributed by atoms with Crippen LogP contribution in [-0.4, -0.2) is 13.0 Å². The standard InChI is InChI=1S/C16H20O3S.Na/c1-3-5-12-7-8-13-10-14(6-4-2)16(20(17,18)19)11-15(13)9-12;/h7-11H,3-6H2,1-2H3,(H,17,18,19);/q;+1/p-1. The minimum Gasteiger partial charge on any atom is -0.744 e. The largest absolute Gasteiger partial charge is 1.00 e. The maximum Gasteiger partial charge on any atom is 1.00 e. The third kappa shape index (κ3) is 4.54. The van der Waals surface area contributed by atoms with Crippen molar-refractivity contribution < 1.29 is 42.5 Å².